The molecular formula is C23H45N5O12. The maximum Gasteiger partial charge on any atom is 0.300 e. The van der Waals surface area contributed by atoms with E-state index in [1.165, 1.54) is 7.05 Å². The summed E-state index contributed by atoms with van der Waals surface area (Å²) in [5.41, 5.74) is 23.6. The summed E-state index contributed by atoms with van der Waals surface area (Å²) in [6.45, 7) is -0.791. The van der Waals surface area contributed by atoms with Crippen molar-refractivity contribution in [3.8, 4) is 0 Å². The monoisotopic (exact) mass is 590 g/mol. The zero-order valence-corrected chi connectivity index (χ0v) is 21.9. The van der Waals surface area contributed by atoms with Crippen molar-refractivity contribution >= 4 is 5.97 Å². The lowest BCUT2D eigenvalue weighted by molar-refractivity contribution is -0.371. The van der Waals surface area contributed by atoms with Crippen molar-refractivity contribution in [2.45, 2.75) is 131 Å². The Morgan fingerprint density at radius 1 is 0.850 bits per heavy atom. The largest absolute Gasteiger partial charge is 0.481 e. The van der Waals surface area contributed by atoms with Gasteiger partial charge in [0.1, 0.15) is 36.5 Å². The fraction of sp³-hybridized carbons (Fsp3) is 0.957. The van der Waals surface area contributed by atoms with Crippen molar-refractivity contribution in [2.24, 2.45) is 22.9 Å². The number of hydrogen-bond acceptors (Lipinski definition) is 16. The molecule has 40 heavy (non-hydrogen) atoms. The zero-order valence-electron chi connectivity index (χ0n) is 28.9. The summed E-state index contributed by atoms with van der Waals surface area (Å²) in [4.78, 5) is 9.00. The highest BCUT2D eigenvalue weighted by atomic mass is 16.8. The molecule has 234 valence electrons. The number of nitrogens with two attached hydrogens (primary N) is 4. The highest BCUT2D eigenvalue weighted by molar-refractivity contribution is 5.62. The molecule has 0 bridgehead atoms. The van der Waals surface area contributed by atoms with Crippen LogP contribution in [0, 0.1) is 0 Å². The Bertz CT molecular complexity index is 1110. The molecule has 0 aromatic heterocycles. The van der Waals surface area contributed by atoms with Crippen molar-refractivity contribution in [3.05, 3.63) is 0 Å². The topological polar surface area (TPSA) is 301 Å². The lowest BCUT2D eigenvalue weighted by Crippen LogP contribution is -2.70. The molecule has 0 amide bonds. The minimum absolute atomic E-state index is 0.210. The number of aliphatic carboxylic acids is 1. The Morgan fingerprint density at radius 2 is 1.50 bits per heavy atom. The van der Waals surface area contributed by atoms with Crippen LogP contribution < -0.4 is 28.3 Å². The standard InChI is InChI=1S/C21H41N5O10.C2H4O2/c1-5-10(25)13(28)16(31)21(32-5)36-20-11(26-2)14(29)18-9(33-20)4-8(24)19(35-18)34-17-7(23)3-6(22)12(27)15(17)30;1-2(3)4/h5-21,26-31H,3-4,22-25H2,1-2H3;1H3,(H,3,4)/t5?,6-,7+,8?,9+,10+,11-,12-,13+,14+,15-,16-,17-,18-,19-,20+,21+;/m0./s1/i1D2,12D,13D,14D,15D,16D;. The molecule has 0 radical (unpaired) electrons. The van der Waals surface area contributed by atoms with Gasteiger partial charge in [0.25, 0.3) is 5.97 Å². The number of carboxylic acid groups (broad SMARTS) is 1. The van der Waals surface area contributed by atoms with Crippen LogP contribution in [-0.4, -0.2) is 148 Å². The molecule has 17 atom stereocenters. The number of carbonyl (C=O) groups is 1. The Morgan fingerprint density at radius 3 is 2.10 bits per heavy atom. The third-order valence-electron chi connectivity index (χ3n) is 6.75. The van der Waals surface area contributed by atoms with Crippen LogP contribution in [0.3, 0.4) is 0 Å². The maximum atomic E-state index is 11.3. The summed E-state index contributed by atoms with van der Waals surface area (Å²) < 4.78 is 84.7. The summed E-state index contributed by atoms with van der Waals surface area (Å²) in [5, 5.41) is 63.6. The van der Waals surface area contributed by atoms with Gasteiger partial charge in [-0.2, -0.15) is 0 Å². The van der Waals surface area contributed by atoms with Crippen molar-refractivity contribution < 1.29 is 68.7 Å². The predicted octanol–water partition coefficient (Wildman–Crippen LogP) is -5.83. The van der Waals surface area contributed by atoms with E-state index in [1.54, 1.807) is 0 Å². The molecule has 17 nitrogen and oxygen atoms in total. The second-order valence-corrected chi connectivity index (χ2v) is 9.78. The van der Waals surface area contributed by atoms with E-state index in [-0.39, 0.29) is 12.8 Å². The fourth-order valence-corrected chi connectivity index (χ4v) is 4.65. The van der Waals surface area contributed by atoms with Gasteiger partial charge in [-0.05, 0) is 26.8 Å². The Balaban J connectivity index is 0.00000142. The molecule has 1 saturated carbocycles. The van der Waals surface area contributed by atoms with E-state index < -0.39 is 117 Å². The van der Waals surface area contributed by atoms with Gasteiger partial charge in [-0.3, -0.25) is 4.79 Å². The molecule has 3 aliphatic heterocycles. The first kappa shape index (κ1) is 24.3. The molecular weight excluding hydrogens is 538 g/mol. The number of fused-ring (bicyclic) bond motifs is 1. The lowest BCUT2D eigenvalue weighted by atomic mass is 9.84. The molecule has 4 fully saturated rings. The Kier molecular flexibility index (Phi) is 8.45. The van der Waals surface area contributed by atoms with Gasteiger partial charge in [0.05, 0.1) is 43.3 Å². The van der Waals surface area contributed by atoms with E-state index in [4.69, 9.17) is 66.1 Å². The predicted molar refractivity (Wildman–Crippen MR) is 135 cm³/mol. The van der Waals surface area contributed by atoms with E-state index in [0.29, 0.717) is 0 Å². The highest BCUT2D eigenvalue weighted by Gasteiger charge is 2.54. The highest BCUT2D eigenvalue weighted by Crippen LogP contribution is 2.35. The van der Waals surface area contributed by atoms with Crippen molar-refractivity contribution in [2.75, 3.05) is 7.05 Å². The maximum absolute atomic E-state index is 11.3. The second kappa shape index (κ2) is 13.9. The van der Waals surface area contributed by atoms with Crippen LogP contribution in [-0.2, 0) is 28.5 Å². The number of rotatable bonds is 5. The molecule has 4 aliphatic rings. The van der Waals surface area contributed by atoms with Gasteiger partial charge in [-0.15, -0.1) is 0 Å². The molecule has 15 N–H and O–H groups in total. The summed E-state index contributed by atoms with van der Waals surface area (Å²) in [7, 11) is 1.30. The summed E-state index contributed by atoms with van der Waals surface area (Å²) >= 11 is 0. The smallest absolute Gasteiger partial charge is 0.300 e. The summed E-state index contributed by atoms with van der Waals surface area (Å²) in [6.07, 6.45) is -27.2. The van der Waals surface area contributed by atoms with E-state index >= 15 is 0 Å². The van der Waals surface area contributed by atoms with Gasteiger partial charge in [-0.1, -0.05) is 0 Å². The number of nitrogens with one attached hydrogen (secondary N) is 1. The molecule has 17 heteroatoms. The second-order valence-electron chi connectivity index (χ2n) is 9.78. The number of aliphatic hydroxyl groups is 5. The van der Waals surface area contributed by atoms with Gasteiger partial charge in [0.15, 0.2) is 18.9 Å². The first-order valence-electron chi connectivity index (χ1n) is 16.0. The Hall–Kier alpha value is -1.13. The SMILES string of the molecule is CC(=O)O.[2H]C([2H])C1O[C@H](O[C@H]2O[C@@H]3CC(N)[C@@H](O[C@H]4[C@H](N)C[C@H](N)[C@]([2H])(O)[C@]4([2H])O)O[C@@H]3[C@]([2H])(O)[C@@H]2NC)[C@@]([2H])(O)[C@]([2H])(O)[C@@H]1N. The minimum Gasteiger partial charge on any atom is -0.481 e. The molecule has 0 spiro atoms. The Labute approximate surface area is 241 Å². The van der Waals surface area contributed by atoms with Gasteiger partial charge in [-0.25, -0.2) is 0 Å². The first-order chi connectivity index (χ1) is 21.3. The average Bonchev–Trinajstić information content (AvgIpc) is 2.91. The third-order valence-corrected chi connectivity index (χ3v) is 6.75. The molecule has 0 aromatic carbocycles. The van der Waals surface area contributed by atoms with Crippen LogP contribution in [0.2, 0.25) is 0 Å². The van der Waals surface area contributed by atoms with Crippen LogP contribution in [0.5, 0.6) is 0 Å². The van der Waals surface area contributed by atoms with Crippen molar-refractivity contribution in [1.82, 2.24) is 5.32 Å². The van der Waals surface area contributed by atoms with Crippen LogP contribution >= 0.6 is 0 Å². The van der Waals surface area contributed by atoms with Crippen LogP contribution in [0.25, 0.3) is 0 Å². The van der Waals surface area contributed by atoms with Crippen LogP contribution in [0.15, 0.2) is 0 Å². The van der Waals surface area contributed by atoms with Crippen LogP contribution in [0.4, 0.5) is 0 Å². The minimum atomic E-state index is -3.29. The first-order valence-corrected chi connectivity index (χ1v) is 12.4. The quantitative estimate of drug-likeness (QED) is 0.142. The van der Waals surface area contributed by atoms with E-state index in [0.717, 1.165) is 6.92 Å². The van der Waals surface area contributed by atoms with Gasteiger partial charge >= 0.3 is 0 Å². The molecule has 3 saturated heterocycles. The molecule has 4 rings (SSSR count). The number of ether oxygens (including phenoxy) is 5. The number of hydrogen-bond donors (Lipinski definition) is 11. The summed E-state index contributed by atoms with van der Waals surface area (Å²) in [5.74, 6) is -0.833. The van der Waals surface area contributed by atoms with Gasteiger partial charge < -0.3 is 82.6 Å². The molecule has 3 heterocycles. The fourth-order valence-electron chi connectivity index (χ4n) is 4.65. The molecule has 2 unspecified atom stereocenters. The van der Waals surface area contributed by atoms with Gasteiger partial charge in [0.2, 0.25) is 0 Å². The van der Waals surface area contributed by atoms with E-state index in [9.17, 15) is 25.5 Å². The van der Waals surface area contributed by atoms with Crippen molar-refractivity contribution in [3.63, 3.8) is 0 Å². The average molecular weight is 591 g/mol. The lowest BCUT2D eigenvalue weighted by Gasteiger charge is -2.51. The van der Waals surface area contributed by atoms with E-state index in [2.05, 4.69) is 5.32 Å². The van der Waals surface area contributed by atoms with Crippen LogP contribution in [0.1, 0.15) is 36.2 Å². The number of carboxylic acids is 1. The molecule has 1 aliphatic carbocycles. The van der Waals surface area contributed by atoms with Crippen molar-refractivity contribution in [1.29, 1.82) is 0 Å². The normalized spacial score (nSPS) is 63.0. The zero-order chi connectivity index (χ0) is 36.2. The third kappa shape index (κ3) is 7.25. The van der Waals surface area contributed by atoms with E-state index in [1.807, 2.05) is 0 Å². The number of likely N-dealkylation sites (N-methyl/N-ethyl adjacent to an activating group) is 1. The summed E-state index contributed by atoms with van der Waals surface area (Å²) in [6, 6.07) is -7.07. The van der Waals surface area contributed by atoms with Gasteiger partial charge in [0, 0.05) is 21.7 Å². The molecule has 0 aromatic rings.